The molecule has 1 amide bonds. The molecule has 0 aliphatic heterocycles. The van der Waals surface area contributed by atoms with Crippen molar-refractivity contribution < 1.29 is 4.79 Å². The molecule has 0 spiro atoms. The Kier molecular flexibility index (Phi) is 5.66. The number of nitrogens with zero attached hydrogens (tertiary/aromatic N) is 5. The van der Waals surface area contributed by atoms with Crippen molar-refractivity contribution in [3.8, 4) is 11.1 Å². The quantitative estimate of drug-likeness (QED) is 0.531. The lowest BCUT2D eigenvalue weighted by Crippen LogP contribution is -2.15. The molecular weight excluding hydrogens is 388 g/mol. The molecule has 0 saturated heterocycles. The molecule has 3 aromatic heterocycles. The fourth-order valence-corrected chi connectivity index (χ4v) is 3.29. The van der Waals surface area contributed by atoms with Gasteiger partial charge in [-0.25, -0.2) is 4.98 Å². The first-order valence-electron chi connectivity index (χ1n) is 9.85. The Hall–Kier alpha value is -4.13. The number of allylic oxidation sites excluding steroid dienone is 1. The number of nitrogens with one attached hydrogen (secondary N) is 1. The standard InChI is InChI=1S/C24H22N6O/c1-4-20(18-7-5-17(6-8-18)19-11-28-30(3)15-19)22-13-27-23(14-26-22)29-24(31)21-12-25-10-9-16(21)2/h4-15H,1-3H3,(H,27,29,31)/b20-4-. The molecule has 0 atom stereocenters. The van der Waals surface area contributed by atoms with Gasteiger partial charge in [-0.1, -0.05) is 30.3 Å². The van der Waals surface area contributed by atoms with Crippen LogP contribution in [0.25, 0.3) is 16.7 Å². The van der Waals surface area contributed by atoms with Gasteiger partial charge >= 0.3 is 0 Å². The van der Waals surface area contributed by atoms with Crippen molar-refractivity contribution in [1.29, 1.82) is 0 Å². The Bertz CT molecular complexity index is 1240. The minimum atomic E-state index is -0.259. The van der Waals surface area contributed by atoms with Crippen LogP contribution in [0.5, 0.6) is 0 Å². The Labute approximate surface area is 180 Å². The molecule has 0 radical (unpaired) electrons. The number of pyridine rings is 1. The Morgan fingerprint density at radius 3 is 2.42 bits per heavy atom. The van der Waals surface area contributed by atoms with Crippen LogP contribution in [0.1, 0.15) is 34.1 Å². The van der Waals surface area contributed by atoms with E-state index >= 15 is 0 Å². The predicted octanol–water partition coefficient (Wildman–Crippen LogP) is 4.28. The maximum atomic E-state index is 12.4. The van der Waals surface area contributed by atoms with E-state index in [1.807, 2.05) is 39.4 Å². The van der Waals surface area contributed by atoms with Crippen LogP contribution in [-0.4, -0.2) is 30.6 Å². The molecule has 31 heavy (non-hydrogen) atoms. The molecule has 0 unspecified atom stereocenters. The first kappa shape index (κ1) is 20.2. The zero-order valence-electron chi connectivity index (χ0n) is 17.6. The smallest absolute Gasteiger partial charge is 0.258 e. The maximum absolute atomic E-state index is 12.4. The second-order valence-corrected chi connectivity index (χ2v) is 7.11. The number of carbonyl (C=O) groups is 1. The van der Waals surface area contributed by atoms with Crippen molar-refractivity contribution in [2.45, 2.75) is 13.8 Å². The molecule has 7 heteroatoms. The van der Waals surface area contributed by atoms with Crippen LogP contribution < -0.4 is 5.32 Å². The summed E-state index contributed by atoms with van der Waals surface area (Å²) in [4.78, 5) is 25.3. The summed E-state index contributed by atoms with van der Waals surface area (Å²) in [5.41, 5.74) is 6.26. The fourth-order valence-electron chi connectivity index (χ4n) is 3.29. The molecule has 0 fully saturated rings. The van der Waals surface area contributed by atoms with Crippen LogP contribution in [0.2, 0.25) is 0 Å². The zero-order chi connectivity index (χ0) is 21.8. The molecule has 1 aromatic carbocycles. The van der Waals surface area contributed by atoms with Crippen molar-refractivity contribution in [2.75, 3.05) is 5.32 Å². The van der Waals surface area contributed by atoms with Gasteiger partial charge in [0.25, 0.3) is 5.91 Å². The molecule has 0 bridgehead atoms. The van der Waals surface area contributed by atoms with Crippen LogP contribution in [0.3, 0.4) is 0 Å². The molecule has 0 aliphatic carbocycles. The summed E-state index contributed by atoms with van der Waals surface area (Å²) in [6.45, 7) is 3.83. The van der Waals surface area contributed by atoms with Crippen molar-refractivity contribution >= 4 is 17.3 Å². The minimum absolute atomic E-state index is 0.259. The minimum Gasteiger partial charge on any atom is -0.305 e. The van der Waals surface area contributed by atoms with Gasteiger partial charge in [0.15, 0.2) is 5.82 Å². The molecule has 4 rings (SSSR count). The van der Waals surface area contributed by atoms with Gasteiger partial charge in [0.05, 0.1) is 29.8 Å². The molecular formula is C24H22N6O. The molecule has 0 saturated carbocycles. The number of anilines is 1. The number of hydrogen-bond acceptors (Lipinski definition) is 5. The first-order chi connectivity index (χ1) is 15.0. The normalized spacial score (nSPS) is 11.4. The van der Waals surface area contributed by atoms with Gasteiger partial charge in [-0.3, -0.25) is 19.4 Å². The highest BCUT2D eigenvalue weighted by Crippen LogP contribution is 2.25. The third-order valence-corrected chi connectivity index (χ3v) is 4.98. The second-order valence-electron chi connectivity index (χ2n) is 7.11. The SMILES string of the molecule is C/C=C(/c1ccc(-c2cnn(C)c2)cc1)c1cnc(NC(=O)c2cnccc2C)cn1. The van der Waals surface area contributed by atoms with E-state index in [4.69, 9.17) is 0 Å². The first-order valence-corrected chi connectivity index (χ1v) is 9.85. The molecule has 1 N–H and O–H groups in total. The predicted molar refractivity (Wildman–Crippen MR) is 120 cm³/mol. The molecule has 3 heterocycles. The average Bonchev–Trinajstić information content (AvgIpc) is 3.22. The van der Waals surface area contributed by atoms with Crippen LogP contribution in [0, 0.1) is 6.92 Å². The topological polar surface area (TPSA) is 85.6 Å². The third-order valence-electron chi connectivity index (χ3n) is 4.98. The van der Waals surface area contributed by atoms with Gasteiger partial charge in [0.1, 0.15) is 0 Å². The van der Waals surface area contributed by atoms with Crippen LogP contribution in [-0.2, 0) is 7.05 Å². The van der Waals surface area contributed by atoms with E-state index in [1.54, 1.807) is 35.5 Å². The van der Waals surface area contributed by atoms with E-state index in [-0.39, 0.29) is 5.91 Å². The number of benzene rings is 1. The van der Waals surface area contributed by atoms with E-state index in [0.29, 0.717) is 11.4 Å². The highest BCUT2D eigenvalue weighted by molar-refractivity contribution is 6.04. The summed E-state index contributed by atoms with van der Waals surface area (Å²) < 4.78 is 1.78. The number of hydrogen-bond donors (Lipinski definition) is 1. The number of rotatable bonds is 5. The summed E-state index contributed by atoms with van der Waals surface area (Å²) in [6, 6.07) is 10.0. The Morgan fingerprint density at radius 1 is 1.00 bits per heavy atom. The summed E-state index contributed by atoms with van der Waals surface area (Å²) >= 11 is 0. The monoisotopic (exact) mass is 410 g/mol. The van der Waals surface area contributed by atoms with E-state index in [9.17, 15) is 4.79 Å². The van der Waals surface area contributed by atoms with Crippen molar-refractivity contribution in [2.24, 2.45) is 7.05 Å². The van der Waals surface area contributed by atoms with Gasteiger partial charge in [0, 0.05) is 36.8 Å². The van der Waals surface area contributed by atoms with E-state index in [0.717, 1.165) is 33.5 Å². The summed E-state index contributed by atoms with van der Waals surface area (Å²) in [6.07, 6.45) is 12.2. The van der Waals surface area contributed by atoms with Crippen molar-refractivity contribution in [3.63, 3.8) is 0 Å². The third kappa shape index (κ3) is 4.40. The summed E-state index contributed by atoms with van der Waals surface area (Å²) in [5.74, 6) is 0.129. The van der Waals surface area contributed by atoms with Crippen LogP contribution in [0.4, 0.5) is 5.82 Å². The Morgan fingerprint density at radius 2 is 1.81 bits per heavy atom. The Balaban J connectivity index is 1.51. The van der Waals surface area contributed by atoms with E-state index in [2.05, 4.69) is 49.6 Å². The molecule has 154 valence electrons. The van der Waals surface area contributed by atoms with Gasteiger partial charge in [-0.15, -0.1) is 0 Å². The molecule has 0 aliphatic rings. The summed E-state index contributed by atoms with van der Waals surface area (Å²) in [7, 11) is 1.90. The van der Waals surface area contributed by atoms with Crippen molar-refractivity contribution in [1.82, 2.24) is 24.7 Å². The van der Waals surface area contributed by atoms with Crippen LogP contribution >= 0.6 is 0 Å². The van der Waals surface area contributed by atoms with Crippen LogP contribution in [0.15, 0.2) is 73.6 Å². The van der Waals surface area contributed by atoms with Gasteiger partial charge < -0.3 is 5.32 Å². The zero-order valence-corrected chi connectivity index (χ0v) is 17.6. The number of aromatic nitrogens is 5. The summed E-state index contributed by atoms with van der Waals surface area (Å²) in [5, 5.41) is 6.99. The lowest BCUT2D eigenvalue weighted by atomic mass is 10.00. The molecule has 7 nitrogen and oxygen atoms in total. The molecule has 4 aromatic rings. The van der Waals surface area contributed by atoms with E-state index in [1.165, 1.54) is 0 Å². The number of aryl methyl sites for hydroxylation is 2. The highest BCUT2D eigenvalue weighted by atomic mass is 16.1. The second kappa shape index (κ2) is 8.71. The van der Waals surface area contributed by atoms with Crippen molar-refractivity contribution in [3.05, 3.63) is 96.0 Å². The van der Waals surface area contributed by atoms with Gasteiger partial charge in [-0.05, 0) is 36.6 Å². The largest absolute Gasteiger partial charge is 0.305 e. The number of amides is 1. The van der Waals surface area contributed by atoms with Gasteiger partial charge in [0.2, 0.25) is 0 Å². The lowest BCUT2D eigenvalue weighted by Gasteiger charge is -2.09. The maximum Gasteiger partial charge on any atom is 0.258 e. The average molecular weight is 410 g/mol. The lowest BCUT2D eigenvalue weighted by molar-refractivity contribution is 0.102. The number of carbonyl (C=O) groups excluding carboxylic acids is 1. The van der Waals surface area contributed by atoms with Gasteiger partial charge in [-0.2, -0.15) is 5.10 Å². The highest BCUT2D eigenvalue weighted by Gasteiger charge is 2.12. The van der Waals surface area contributed by atoms with E-state index < -0.39 is 0 Å². The fraction of sp³-hybridized carbons (Fsp3) is 0.125.